The number of carboxylic acid groups (broad SMARTS) is 1. The van der Waals surface area contributed by atoms with Gasteiger partial charge in [0.15, 0.2) is 0 Å². The molecule has 18 heavy (non-hydrogen) atoms. The van der Waals surface area contributed by atoms with E-state index in [9.17, 15) is 9.59 Å². The lowest BCUT2D eigenvalue weighted by molar-refractivity contribution is 0.0692. The van der Waals surface area contributed by atoms with Crippen LogP contribution >= 0.6 is 0 Å². The zero-order chi connectivity index (χ0) is 13.0. The number of hydrogen-bond acceptors (Lipinski definition) is 3. The van der Waals surface area contributed by atoms with E-state index in [2.05, 4.69) is 10.3 Å². The number of pyridine rings is 1. The molecule has 0 saturated heterocycles. The molecule has 0 aliphatic rings. The number of carbonyl (C=O) groups excluding carboxylic acids is 1. The second-order valence-electron chi connectivity index (χ2n) is 3.54. The Labute approximate surface area is 103 Å². The van der Waals surface area contributed by atoms with E-state index < -0.39 is 11.9 Å². The Bertz CT molecular complexity index is 582. The van der Waals surface area contributed by atoms with Crippen molar-refractivity contribution in [3.8, 4) is 0 Å². The molecule has 2 N–H and O–H groups in total. The highest BCUT2D eigenvalue weighted by Crippen LogP contribution is 2.12. The van der Waals surface area contributed by atoms with Gasteiger partial charge in [0, 0.05) is 18.1 Å². The summed E-state index contributed by atoms with van der Waals surface area (Å²) in [5, 5.41) is 11.6. The van der Waals surface area contributed by atoms with E-state index in [1.807, 2.05) is 0 Å². The summed E-state index contributed by atoms with van der Waals surface area (Å²) in [5.74, 6) is -1.59. The van der Waals surface area contributed by atoms with E-state index in [-0.39, 0.29) is 11.1 Å². The summed E-state index contributed by atoms with van der Waals surface area (Å²) in [7, 11) is 0. The first-order valence-corrected chi connectivity index (χ1v) is 5.22. The molecule has 0 spiro atoms. The normalized spacial score (nSPS) is 9.78. The van der Waals surface area contributed by atoms with Gasteiger partial charge in [0.05, 0.1) is 11.1 Å². The van der Waals surface area contributed by atoms with E-state index in [1.165, 1.54) is 12.1 Å². The third-order valence-electron chi connectivity index (χ3n) is 2.34. The maximum absolute atomic E-state index is 11.9. The van der Waals surface area contributed by atoms with E-state index >= 15 is 0 Å². The monoisotopic (exact) mass is 242 g/mol. The summed E-state index contributed by atoms with van der Waals surface area (Å²) in [6, 6.07) is 9.31. The minimum atomic E-state index is -1.13. The molecule has 90 valence electrons. The topological polar surface area (TPSA) is 79.3 Å². The van der Waals surface area contributed by atoms with Gasteiger partial charge < -0.3 is 10.4 Å². The Kier molecular flexibility index (Phi) is 3.33. The molecule has 2 aromatic rings. The summed E-state index contributed by atoms with van der Waals surface area (Å²) in [6.07, 6.45) is 3.08. The Morgan fingerprint density at radius 1 is 1.00 bits per heavy atom. The van der Waals surface area contributed by atoms with Gasteiger partial charge in [-0.2, -0.15) is 0 Å². The van der Waals surface area contributed by atoms with Gasteiger partial charge in [0.25, 0.3) is 5.91 Å². The van der Waals surface area contributed by atoms with Crippen molar-refractivity contribution in [3.05, 3.63) is 59.9 Å². The van der Waals surface area contributed by atoms with Crippen LogP contribution in [0.2, 0.25) is 0 Å². The fourth-order valence-corrected chi connectivity index (χ4v) is 1.50. The molecule has 1 aromatic carbocycles. The predicted molar refractivity (Wildman–Crippen MR) is 65.6 cm³/mol. The van der Waals surface area contributed by atoms with Crippen LogP contribution in [0.25, 0.3) is 0 Å². The first-order valence-electron chi connectivity index (χ1n) is 5.22. The Morgan fingerprint density at radius 2 is 1.61 bits per heavy atom. The van der Waals surface area contributed by atoms with Gasteiger partial charge in [-0.25, -0.2) is 4.79 Å². The number of nitrogens with zero attached hydrogens (tertiary/aromatic N) is 1. The molecule has 0 atom stereocenters. The Morgan fingerprint density at radius 3 is 2.22 bits per heavy atom. The quantitative estimate of drug-likeness (QED) is 0.863. The maximum Gasteiger partial charge on any atom is 0.336 e. The molecular weight excluding hydrogens is 232 g/mol. The third-order valence-corrected chi connectivity index (χ3v) is 2.34. The largest absolute Gasteiger partial charge is 0.478 e. The summed E-state index contributed by atoms with van der Waals surface area (Å²) in [6.45, 7) is 0. The number of rotatable bonds is 3. The molecule has 0 radical (unpaired) electrons. The van der Waals surface area contributed by atoms with Crippen molar-refractivity contribution in [2.24, 2.45) is 0 Å². The van der Waals surface area contributed by atoms with Crippen LogP contribution < -0.4 is 5.32 Å². The molecule has 0 aliphatic heterocycles. The van der Waals surface area contributed by atoms with Crippen molar-refractivity contribution in [2.75, 3.05) is 5.32 Å². The third kappa shape index (κ3) is 2.52. The molecule has 0 unspecified atom stereocenters. The lowest BCUT2D eigenvalue weighted by Crippen LogP contribution is -2.16. The van der Waals surface area contributed by atoms with Crippen LogP contribution in [0.1, 0.15) is 20.7 Å². The zero-order valence-corrected chi connectivity index (χ0v) is 9.33. The van der Waals surface area contributed by atoms with Crippen LogP contribution in [0, 0.1) is 0 Å². The van der Waals surface area contributed by atoms with Crippen molar-refractivity contribution in [1.29, 1.82) is 0 Å². The average molecular weight is 242 g/mol. The highest BCUT2D eigenvalue weighted by Gasteiger charge is 2.15. The van der Waals surface area contributed by atoms with Gasteiger partial charge in [0.2, 0.25) is 0 Å². The summed E-state index contributed by atoms with van der Waals surface area (Å²) in [4.78, 5) is 26.8. The van der Waals surface area contributed by atoms with E-state index in [4.69, 9.17) is 5.11 Å². The summed E-state index contributed by atoms with van der Waals surface area (Å²) in [5.41, 5.74) is 0.668. The summed E-state index contributed by atoms with van der Waals surface area (Å²) < 4.78 is 0. The number of carbonyl (C=O) groups is 2. The van der Waals surface area contributed by atoms with Gasteiger partial charge >= 0.3 is 5.97 Å². The van der Waals surface area contributed by atoms with E-state index in [0.717, 1.165) is 0 Å². The maximum atomic E-state index is 11.9. The van der Waals surface area contributed by atoms with E-state index in [0.29, 0.717) is 5.69 Å². The molecule has 1 amide bonds. The number of anilines is 1. The lowest BCUT2D eigenvalue weighted by atomic mass is 10.1. The van der Waals surface area contributed by atoms with Crippen molar-refractivity contribution in [3.63, 3.8) is 0 Å². The van der Waals surface area contributed by atoms with Crippen LogP contribution in [0.5, 0.6) is 0 Å². The van der Waals surface area contributed by atoms with Crippen LogP contribution in [0.4, 0.5) is 5.69 Å². The highest BCUT2D eigenvalue weighted by atomic mass is 16.4. The van der Waals surface area contributed by atoms with Gasteiger partial charge in [-0.1, -0.05) is 12.1 Å². The Hall–Kier alpha value is -2.69. The Balaban J connectivity index is 2.27. The van der Waals surface area contributed by atoms with Crippen molar-refractivity contribution >= 4 is 17.6 Å². The standard InChI is InChI=1S/C13H10N2O3/c16-12(15-9-5-7-14-8-6-9)10-3-1-2-4-11(10)13(17)18/h1-8H,(H,17,18)(H,14,15,16). The van der Waals surface area contributed by atoms with Crippen LogP contribution in [0.15, 0.2) is 48.8 Å². The van der Waals surface area contributed by atoms with Gasteiger partial charge in [-0.3, -0.25) is 9.78 Å². The molecule has 0 bridgehead atoms. The van der Waals surface area contributed by atoms with E-state index in [1.54, 1.807) is 36.7 Å². The van der Waals surface area contributed by atoms with Crippen molar-refractivity contribution in [1.82, 2.24) is 4.98 Å². The molecule has 0 aliphatic carbocycles. The second-order valence-corrected chi connectivity index (χ2v) is 3.54. The number of benzene rings is 1. The molecular formula is C13H10N2O3. The first-order chi connectivity index (χ1) is 8.68. The number of aromatic carboxylic acids is 1. The van der Waals surface area contributed by atoms with Crippen LogP contribution in [-0.4, -0.2) is 22.0 Å². The van der Waals surface area contributed by atoms with Gasteiger partial charge in [-0.15, -0.1) is 0 Å². The number of carboxylic acids is 1. The summed E-state index contributed by atoms with van der Waals surface area (Å²) >= 11 is 0. The molecule has 0 fully saturated rings. The number of hydrogen-bond donors (Lipinski definition) is 2. The molecule has 5 nitrogen and oxygen atoms in total. The molecule has 2 rings (SSSR count). The van der Waals surface area contributed by atoms with Crippen molar-refractivity contribution < 1.29 is 14.7 Å². The predicted octanol–water partition coefficient (Wildman–Crippen LogP) is 2.03. The second kappa shape index (κ2) is 5.09. The average Bonchev–Trinajstić information content (AvgIpc) is 2.40. The molecule has 0 saturated carbocycles. The number of amides is 1. The van der Waals surface area contributed by atoms with Gasteiger partial charge in [-0.05, 0) is 24.3 Å². The molecule has 5 heteroatoms. The minimum Gasteiger partial charge on any atom is -0.478 e. The highest BCUT2D eigenvalue weighted by molar-refractivity contribution is 6.10. The number of nitrogens with one attached hydrogen (secondary N) is 1. The zero-order valence-electron chi connectivity index (χ0n) is 9.33. The number of aromatic nitrogens is 1. The SMILES string of the molecule is O=C(O)c1ccccc1C(=O)Nc1ccncc1. The molecule has 1 aromatic heterocycles. The first kappa shape index (κ1) is 11.8. The minimum absolute atomic E-state index is 0.0240. The molecule has 1 heterocycles. The van der Waals surface area contributed by atoms with Crippen LogP contribution in [-0.2, 0) is 0 Å². The fraction of sp³-hybridized carbons (Fsp3) is 0. The van der Waals surface area contributed by atoms with Gasteiger partial charge in [0.1, 0.15) is 0 Å². The van der Waals surface area contributed by atoms with Crippen molar-refractivity contribution in [2.45, 2.75) is 0 Å². The van der Waals surface area contributed by atoms with Crippen LogP contribution in [0.3, 0.4) is 0 Å². The lowest BCUT2D eigenvalue weighted by Gasteiger charge is -2.07. The fourth-order valence-electron chi connectivity index (χ4n) is 1.50. The smallest absolute Gasteiger partial charge is 0.336 e.